The monoisotopic (exact) mass is 539 g/mol. The first-order chi connectivity index (χ1) is 16.6. The molecule has 3 aromatic rings. The van der Waals surface area contributed by atoms with Crippen LogP contribution < -0.4 is 4.74 Å². The highest BCUT2D eigenvalue weighted by Crippen LogP contribution is 2.41. The first kappa shape index (κ1) is 25.4. The normalized spacial score (nSPS) is 18.1. The summed E-state index contributed by atoms with van der Waals surface area (Å²) in [7, 11) is -2.12. The molecular formula is C22H23Cl2N5O5S. The third-order valence-electron chi connectivity index (χ3n) is 6.08. The van der Waals surface area contributed by atoms with Crippen LogP contribution in [-0.4, -0.2) is 72.5 Å². The van der Waals surface area contributed by atoms with E-state index in [-0.39, 0.29) is 12.5 Å². The standard InChI is InChI=1S/C22H23Cl2N5O5S/c1-33-20-6-4-16(29-14-25-26-27-29)12-17(20)21(30)28-9-7-22(13-28,8-10-34-35(2,31)32)15-3-5-18(23)19(24)11-15/h3-6,11-12,14H,7-10,13H2,1-2H3. The maximum atomic E-state index is 13.6. The van der Waals surface area contributed by atoms with Crippen LogP contribution in [0.1, 0.15) is 28.8 Å². The van der Waals surface area contributed by atoms with Gasteiger partial charge in [-0.25, -0.2) is 4.68 Å². The van der Waals surface area contributed by atoms with Crippen LogP contribution in [0.25, 0.3) is 5.69 Å². The minimum absolute atomic E-state index is 0.0286. The van der Waals surface area contributed by atoms with Gasteiger partial charge in [0.25, 0.3) is 16.0 Å². The summed E-state index contributed by atoms with van der Waals surface area (Å²) < 4.78 is 35.0. The number of rotatable bonds is 8. The lowest BCUT2D eigenvalue weighted by molar-refractivity contribution is 0.0777. The van der Waals surface area contributed by atoms with Gasteiger partial charge in [0.2, 0.25) is 0 Å². The van der Waals surface area contributed by atoms with Gasteiger partial charge in [-0.05, 0) is 59.2 Å². The van der Waals surface area contributed by atoms with Gasteiger partial charge in [0, 0.05) is 18.5 Å². The summed E-state index contributed by atoms with van der Waals surface area (Å²) in [5.41, 5.74) is 1.25. The zero-order valence-electron chi connectivity index (χ0n) is 19.0. The van der Waals surface area contributed by atoms with Crippen LogP contribution in [0.5, 0.6) is 5.75 Å². The molecular weight excluding hydrogens is 517 g/mol. The van der Waals surface area contributed by atoms with Gasteiger partial charge in [-0.1, -0.05) is 29.3 Å². The zero-order valence-corrected chi connectivity index (χ0v) is 21.3. The molecule has 13 heteroatoms. The molecule has 1 unspecified atom stereocenters. The summed E-state index contributed by atoms with van der Waals surface area (Å²) in [6, 6.07) is 10.4. The Morgan fingerprint density at radius 1 is 1.17 bits per heavy atom. The third-order valence-corrected chi connectivity index (χ3v) is 7.41. The van der Waals surface area contributed by atoms with Crippen molar-refractivity contribution < 1.29 is 22.1 Å². The average Bonchev–Trinajstić information content (AvgIpc) is 3.50. The maximum Gasteiger partial charge on any atom is 0.264 e. The predicted molar refractivity (Wildman–Crippen MR) is 130 cm³/mol. The number of hydrogen-bond donors (Lipinski definition) is 0. The van der Waals surface area contributed by atoms with Gasteiger partial charge in [-0.15, -0.1) is 5.10 Å². The summed E-state index contributed by atoms with van der Waals surface area (Å²) in [6.07, 6.45) is 3.39. The number of methoxy groups -OCH3 is 1. The van der Waals surface area contributed by atoms with Gasteiger partial charge in [-0.3, -0.25) is 8.98 Å². The summed E-state index contributed by atoms with van der Waals surface area (Å²) in [5.74, 6) is 0.182. The van der Waals surface area contributed by atoms with Crippen molar-refractivity contribution in [3.8, 4) is 11.4 Å². The summed E-state index contributed by atoms with van der Waals surface area (Å²) in [5, 5.41) is 11.9. The number of hydrogen-bond acceptors (Lipinski definition) is 8. The van der Waals surface area contributed by atoms with Crippen LogP contribution in [-0.2, 0) is 19.7 Å². The third kappa shape index (κ3) is 5.58. The van der Waals surface area contributed by atoms with E-state index in [0.29, 0.717) is 53.0 Å². The van der Waals surface area contributed by atoms with Gasteiger partial charge < -0.3 is 9.64 Å². The molecule has 10 nitrogen and oxygen atoms in total. The fourth-order valence-corrected chi connectivity index (χ4v) is 4.98. The van der Waals surface area contributed by atoms with E-state index in [0.717, 1.165) is 11.8 Å². The molecule has 0 N–H and O–H groups in total. The van der Waals surface area contributed by atoms with Crippen molar-refractivity contribution in [2.45, 2.75) is 18.3 Å². The smallest absolute Gasteiger partial charge is 0.264 e. The summed E-state index contributed by atoms with van der Waals surface area (Å²) >= 11 is 12.4. The van der Waals surface area contributed by atoms with Gasteiger partial charge in [-0.2, -0.15) is 8.42 Å². The van der Waals surface area contributed by atoms with Crippen molar-refractivity contribution in [2.75, 3.05) is 33.1 Å². The SMILES string of the molecule is COc1ccc(-n2cnnn2)cc1C(=O)N1CCC(CCOS(C)(=O)=O)(c2ccc(Cl)c(Cl)c2)C1. The van der Waals surface area contributed by atoms with Gasteiger partial charge in [0.15, 0.2) is 0 Å². The lowest BCUT2D eigenvalue weighted by Crippen LogP contribution is -2.36. The van der Waals surface area contributed by atoms with Crippen LogP contribution in [0.4, 0.5) is 0 Å². The van der Waals surface area contributed by atoms with Crippen LogP contribution in [0.3, 0.4) is 0 Å². The first-order valence-corrected chi connectivity index (χ1v) is 13.2. The quantitative estimate of drug-likeness (QED) is 0.400. The highest BCUT2D eigenvalue weighted by Gasteiger charge is 2.42. The first-order valence-electron chi connectivity index (χ1n) is 10.6. The molecule has 0 spiro atoms. The summed E-state index contributed by atoms with van der Waals surface area (Å²) in [4.78, 5) is 15.3. The van der Waals surface area contributed by atoms with Gasteiger partial charge >= 0.3 is 0 Å². The minimum atomic E-state index is -3.61. The number of likely N-dealkylation sites (tertiary alicyclic amines) is 1. The van der Waals surface area contributed by atoms with Crippen LogP contribution in [0.2, 0.25) is 10.0 Å². The lowest BCUT2D eigenvalue weighted by Gasteiger charge is -2.30. The lowest BCUT2D eigenvalue weighted by atomic mass is 9.77. The molecule has 0 aliphatic carbocycles. The highest BCUT2D eigenvalue weighted by atomic mass is 35.5. The Hall–Kier alpha value is -2.73. The molecule has 1 aliphatic heterocycles. The Labute approximate surface area is 212 Å². The number of halogens is 2. The molecule has 1 saturated heterocycles. The molecule has 35 heavy (non-hydrogen) atoms. The molecule has 1 fully saturated rings. The molecule has 186 valence electrons. The van der Waals surface area contributed by atoms with Crippen molar-refractivity contribution >= 4 is 39.2 Å². The number of carbonyl (C=O) groups excluding carboxylic acids is 1. The zero-order chi connectivity index (χ0) is 25.2. The number of nitrogens with zero attached hydrogens (tertiary/aromatic N) is 5. The number of tetrazole rings is 1. The molecule has 0 saturated carbocycles. The van der Waals surface area contributed by atoms with Crippen molar-refractivity contribution in [1.29, 1.82) is 0 Å². The van der Waals surface area contributed by atoms with Crippen molar-refractivity contribution in [3.05, 3.63) is 63.9 Å². The Bertz CT molecular complexity index is 1340. The molecule has 2 aromatic carbocycles. The predicted octanol–water partition coefficient (Wildman–Crippen LogP) is 3.13. The Morgan fingerprint density at radius 2 is 1.97 bits per heavy atom. The van der Waals surface area contributed by atoms with Gasteiger partial charge in [0.1, 0.15) is 12.1 Å². The second kappa shape index (κ2) is 10.1. The van der Waals surface area contributed by atoms with Crippen molar-refractivity contribution in [1.82, 2.24) is 25.1 Å². The molecule has 0 radical (unpaired) electrons. The topological polar surface area (TPSA) is 117 Å². The fraction of sp³-hybridized carbons (Fsp3) is 0.364. The minimum Gasteiger partial charge on any atom is -0.496 e. The van der Waals surface area contributed by atoms with E-state index in [1.165, 1.54) is 18.1 Å². The number of benzene rings is 2. The second-order valence-electron chi connectivity index (χ2n) is 8.30. The van der Waals surface area contributed by atoms with Crippen LogP contribution in [0.15, 0.2) is 42.7 Å². The van der Waals surface area contributed by atoms with E-state index in [1.807, 2.05) is 6.07 Å². The largest absolute Gasteiger partial charge is 0.496 e. The molecule has 1 amide bonds. The van der Waals surface area contributed by atoms with E-state index in [9.17, 15) is 13.2 Å². The molecule has 1 aromatic heterocycles. The van der Waals surface area contributed by atoms with E-state index in [1.54, 1.807) is 35.2 Å². The van der Waals surface area contributed by atoms with Crippen molar-refractivity contribution in [3.63, 3.8) is 0 Å². The van der Waals surface area contributed by atoms with Crippen LogP contribution in [0, 0.1) is 0 Å². The Kier molecular flexibility index (Phi) is 7.32. The van der Waals surface area contributed by atoms with E-state index in [4.69, 9.17) is 32.1 Å². The maximum absolute atomic E-state index is 13.6. The van der Waals surface area contributed by atoms with E-state index < -0.39 is 15.5 Å². The number of aromatic nitrogens is 4. The number of amides is 1. The average molecular weight is 540 g/mol. The van der Waals surface area contributed by atoms with Crippen molar-refractivity contribution in [2.24, 2.45) is 0 Å². The molecule has 1 aliphatic rings. The molecule has 0 bridgehead atoms. The van der Waals surface area contributed by atoms with E-state index in [2.05, 4.69) is 15.5 Å². The Morgan fingerprint density at radius 3 is 2.63 bits per heavy atom. The molecule has 1 atom stereocenters. The Balaban J connectivity index is 1.65. The number of carbonyl (C=O) groups is 1. The summed E-state index contributed by atoms with van der Waals surface area (Å²) in [6.45, 7) is 0.741. The number of ether oxygens (including phenoxy) is 1. The highest BCUT2D eigenvalue weighted by molar-refractivity contribution is 7.85. The fourth-order valence-electron chi connectivity index (χ4n) is 4.30. The second-order valence-corrected chi connectivity index (χ2v) is 10.8. The van der Waals surface area contributed by atoms with E-state index >= 15 is 0 Å². The van der Waals surface area contributed by atoms with Crippen LogP contribution >= 0.6 is 23.2 Å². The molecule has 2 heterocycles. The molecule has 4 rings (SSSR count). The van der Waals surface area contributed by atoms with Gasteiger partial charge in [0.05, 0.1) is 41.3 Å².